The van der Waals surface area contributed by atoms with Crippen LogP contribution in [0, 0.1) is 17.2 Å². The second kappa shape index (κ2) is 3.76. The molecule has 1 aromatic heterocycles. The molecule has 0 atom stereocenters. The Labute approximate surface area is 95.1 Å². The zero-order chi connectivity index (χ0) is 11.8. The van der Waals surface area contributed by atoms with Crippen molar-refractivity contribution in [3.05, 3.63) is 24.0 Å². The Morgan fingerprint density at radius 1 is 1.56 bits per heavy atom. The van der Waals surface area contributed by atoms with Crippen molar-refractivity contribution in [1.29, 1.82) is 5.26 Å². The van der Waals surface area contributed by atoms with Crippen LogP contribution >= 0.6 is 0 Å². The van der Waals surface area contributed by atoms with Gasteiger partial charge in [-0.05, 0) is 18.1 Å². The maximum Gasteiger partial charge on any atom is 0.163 e. The molecular formula is C12H15N3O. The lowest BCUT2D eigenvalue weighted by Crippen LogP contribution is -2.65. The van der Waals surface area contributed by atoms with Crippen molar-refractivity contribution in [2.75, 3.05) is 18.0 Å². The number of rotatable bonds is 2. The first-order chi connectivity index (χ1) is 7.57. The summed E-state index contributed by atoms with van der Waals surface area (Å²) in [6, 6.07) is 5.74. The van der Waals surface area contributed by atoms with E-state index >= 15 is 0 Å². The minimum Gasteiger partial charge on any atom is -0.386 e. The summed E-state index contributed by atoms with van der Waals surface area (Å²) >= 11 is 0. The van der Waals surface area contributed by atoms with Gasteiger partial charge in [-0.15, -0.1) is 0 Å². The van der Waals surface area contributed by atoms with Gasteiger partial charge >= 0.3 is 0 Å². The number of anilines is 1. The van der Waals surface area contributed by atoms with Crippen molar-refractivity contribution < 1.29 is 5.11 Å². The van der Waals surface area contributed by atoms with Crippen LogP contribution in [0.15, 0.2) is 18.3 Å². The Morgan fingerprint density at radius 3 is 2.81 bits per heavy atom. The van der Waals surface area contributed by atoms with Crippen LogP contribution in [0.2, 0.25) is 0 Å². The standard InChI is InChI=1S/C12H15N3O/c1-9(2)12(16)7-15(8-12)11-4-3-5-14-10(11)6-13/h3-5,9,16H,7-8H2,1-2H3. The smallest absolute Gasteiger partial charge is 0.163 e. The highest BCUT2D eigenvalue weighted by atomic mass is 16.3. The van der Waals surface area contributed by atoms with E-state index in [0.29, 0.717) is 18.8 Å². The van der Waals surface area contributed by atoms with Crippen molar-refractivity contribution >= 4 is 5.69 Å². The number of hydrogen-bond donors (Lipinski definition) is 1. The third-order valence-electron chi connectivity index (χ3n) is 3.24. The van der Waals surface area contributed by atoms with Crippen molar-refractivity contribution in [2.45, 2.75) is 19.4 Å². The second-order valence-electron chi connectivity index (χ2n) is 4.60. The number of nitrogens with zero attached hydrogens (tertiary/aromatic N) is 3. The molecule has 2 rings (SSSR count). The summed E-state index contributed by atoms with van der Waals surface area (Å²) in [5.74, 6) is 0.228. The van der Waals surface area contributed by atoms with Crippen molar-refractivity contribution in [3.8, 4) is 6.07 Å². The fraction of sp³-hybridized carbons (Fsp3) is 0.500. The summed E-state index contributed by atoms with van der Waals surface area (Å²) in [7, 11) is 0. The van der Waals surface area contributed by atoms with Gasteiger partial charge in [0, 0.05) is 19.3 Å². The van der Waals surface area contributed by atoms with Crippen LogP contribution in [0.3, 0.4) is 0 Å². The number of hydrogen-bond acceptors (Lipinski definition) is 4. The molecule has 1 aromatic rings. The molecule has 1 aliphatic rings. The molecule has 0 aliphatic carbocycles. The molecule has 1 N–H and O–H groups in total. The summed E-state index contributed by atoms with van der Waals surface area (Å²) in [5.41, 5.74) is 0.617. The van der Waals surface area contributed by atoms with Crippen LogP contribution in [0.5, 0.6) is 0 Å². The Morgan fingerprint density at radius 2 is 2.25 bits per heavy atom. The van der Waals surface area contributed by atoms with E-state index in [4.69, 9.17) is 5.26 Å². The molecular weight excluding hydrogens is 202 g/mol. The van der Waals surface area contributed by atoms with Gasteiger partial charge in [0.2, 0.25) is 0 Å². The zero-order valence-electron chi connectivity index (χ0n) is 9.51. The fourth-order valence-corrected chi connectivity index (χ4v) is 1.89. The average Bonchev–Trinajstić information content (AvgIpc) is 2.24. The van der Waals surface area contributed by atoms with Crippen LogP contribution in [0.1, 0.15) is 19.5 Å². The monoisotopic (exact) mass is 217 g/mol. The number of nitriles is 1. The van der Waals surface area contributed by atoms with Crippen LogP contribution < -0.4 is 4.90 Å². The van der Waals surface area contributed by atoms with Gasteiger partial charge in [0.1, 0.15) is 11.7 Å². The minimum atomic E-state index is -0.622. The zero-order valence-corrected chi connectivity index (χ0v) is 9.51. The normalized spacial score (nSPS) is 18.1. The van der Waals surface area contributed by atoms with Gasteiger partial charge in [-0.1, -0.05) is 13.8 Å². The Balaban J connectivity index is 2.16. The van der Waals surface area contributed by atoms with E-state index < -0.39 is 5.60 Å². The van der Waals surface area contributed by atoms with E-state index in [2.05, 4.69) is 11.1 Å². The molecule has 1 aliphatic heterocycles. The summed E-state index contributed by atoms with van der Waals surface area (Å²) < 4.78 is 0. The number of pyridine rings is 1. The Hall–Kier alpha value is -1.60. The van der Waals surface area contributed by atoms with Crippen LogP contribution in [0.25, 0.3) is 0 Å². The molecule has 4 nitrogen and oxygen atoms in total. The van der Waals surface area contributed by atoms with E-state index in [1.807, 2.05) is 30.9 Å². The molecule has 2 heterocycles. The maximum absolute atomic E-state index is 10.1. The molecule has 84 valence electrons. The number of aromatic nitrogens is 1. The Bertz CT molecular complexity index is 430. The van der Waals surface area contributed by atoms with Crippen LogP contribution in [-0.2, 0) is 0 Å². The molecule has 0 aromatic carbocycles. The third kappa shape index (κ3) is 1.63. The maximum atomic E-state index is 10.1. The second-order valence-corrected chi connectivity index (χ2v) is 4.60. The minimum absolute atomic E-state index is 0.228. The molecule has 0 spiro atoms. The predicted octanol–water partition coefficient (Wildman–Crippen LogP) is 1.16. The van der Waals surface area contributed by atoms with Crippen molar-refractivity contribution in [1.82, 2.24) is 4.98 Å². The van der Waals surface area contributed by atoms with E-state index in [1.165, 1.54) is 0 Å². The first kappa shape index (κ1) is 10.9. The third-order valence-corrected chi connectivity index (χ3v) is 3.24. The highest BCUT2D eigenvalue weighted by Crippen LogP contribution is 2.33. The van der Waals surface area contributed by atoms with Gasteiger partial charge in [-0.25, -0.2) is 4.98 Å². The van der Waals surface area contributed by atoms with E-state index in [9.17, 15) is 5.11 Å². The topological polar surface area (TPSA) is 60.1 Å². The SMILES string of the molecule is CC(C)C1(O)CN(c2cccnc2C#N)C1. The number of β-amino-alcohol motifs (C(OH)–C–C–N with tert-alkyl or cyclic N) is 1. The van der Waals surface area contributed by atoms with E-state index in [0.717, 1.165) is 5.69 Å². The van der Waals surface area contributed by atoms with E-state index in [1.54, 1.807) is 6.20 Å². The summed E-state index contributed by atoms with van der Waals surface area (Å²) in [4.78, 5) is 6.00. The molecule has 4 heteroatoms. The van der Waals surface area contributed by atoms with Gasteiger partial charge in [0.15, 0.2) is 5.69 Å². The summed E-state index contributed by atoms with van der Waals surface area (Å²) in [5, 5.41) is 19.1. The van der Waals surface area contributed by atoms with Gasteiger partial charge in [0.05, 0.1) is 5.69 Å². The highest BCUT2D eigenvalue weighted by Gasteiger charge is 2.44. The van der Waals surface area contributed by atoms with Crippen molar-refractivity contribution in [3.63, 3.8) is 0 Å². The first-order valence-electron chi connectivity index (χ1n) is 5.39. The predicted molar refractivity (Wildman–Crippen MR) is 61.0 cm³/mol. The molecule has 1 fully saturated rings. The highest BCUT2D eigenvalue weighted by molar-refractivity contribution is 5.58. The molecule has 0 unspecified atom stereocenters. The quantitative estimate of drug-likeness (QED) is 0.807. The van der Waals surface area contributed by atoms with Gasteiger partial charge in [-0.3, -0.25) is 0 Å². The molecule has 0 saturated carbocycles. The first-order valence-corrected chi connectivity index (χ1v) is 5.39. The molecule has 0 bridgehead atoms. The summed E-state index contributed by atoms with van der Waals surface area (Å²) in [6.07, 6.45) is 1.61. The van der Waals surface area contributed by atoms with Gasteiger partial charge in [-0.2, -0.15) is 5.26 Å². The largest absolute Gasteiger partial charge is 0.386 e. The average molecular weight is 217 g/mol. The summed E-state index contributed by atoms with van der Waals surface area (Å²) in [6.45, 7) is 5.16. The van der Waals surface area contributed by atoms with Gasteiger partial charge < -0.3 is 10.0 Å². The molecule has 0 radical (unpaired) electrons. The Kier molecular flexibility index (Phi) is 2.56. The van der Waals surface area contributed by atoms with Crippen molar-refractivity contribution in [2.24, 2.45) is 5.92 Å². The molecule has 1 saturated heterocycles. The lowest BCUT2D eigenvalue weighted by atomic mass is 9.82. The number of aliphatic hydroxyl groups is 1. The fourth-order valence-electron chi connectivity index (χ4n) is 1.89. The lowest BCUT2D eigenvalue weighted by molar-refractivity contribution is -0.0301. The lowest BCUT2D eigenvalue weighted by Gasteiger charge is -2.50. The molecule has 16 heavy (non-hydrogen) atoms. The van der Waals surface area contributed by atoms with Crippen LogP contribution in [-0.4, -0.2) is 28.8 Å². The van der Waals surface area contributed by atoms with Gasteiger partial charge in [0.25, 0.3) is 0 Å². The van der Waals surface area contributed by atoms with E-state index in [-0.39, 0.29) is 5.92 Å². The van der Waals surface area contributed by atoms with Crippen LogP contribution in [0.4, 0.5) is 5.69 Å². The molecule has 0 amide bonds.